The number of benzene rings is 2. The molecule has 0 saturated carbocycles. The van der Waals surface area contributed by atoms with Gasteiger partial charge in [0, 0.05) is 50.4 Å². The van der Waals surface area contributed by atoms with E-state index >= 15 is 8.78 Å². The Labute approximate surface area is 329 Å². The minimum atomic E-state index is -1.07. The number of carbonyl (C=O) groups excluding carboxylic acids is 2. The van der Waals surface area contributed by atoms with Crippen LogP contribution in [0.25, 0.3) is 32.9 Å². The molecule has 4 aromatic rings. The maximum atomic E-state index is 17.4. The van der Waals surface area contributed by atoms with E-state index in [9.17, 15) is 14.0 Å². The van der Waals surface area contributed by atoms with E-state index in [0.717, 1.165) is 12.8 Å². The molecule has 16 heteroatoms. The number of fused-ring (bicyclic) bond motifs is 2. The predicted octanol–water partition coefficient (Wildman–Crippen LogP) is 7.09. The Kier molecular flexibility index (Phi) is 13.2. The van der Waals surface area contributed by atoms with Crippen LogP contribution in [0.5, 0.6) is 11.8 Å². The number of hydrazine groups is 1. The highest BCUT2D eigenvalue weighted by atomic mass is 19.1. The van der Waals surface area contributed by atoms with Gasteiger partial charge in [0.2, 0.25) is 0 Å². The summed E-state index contributed by atoms with van der Waals surface area (Å²) in [7, 11) is 1.49. The quantitative estimate of drug-likeness (QED) is 0.133. The van der Waals surface area contributed by atoms with Gasteiger partial charge in [-0.25, -0.2) is 27.8 Å². The Morgan fingerprint density at radius 3 is 2.68 bits per heavy atom. The topological polar surface area (TPSA) is 140 Å². The summed E-state index contributed by atoms with van der Waals surface area (Å²) in [4.78, 5) is 40.1. The number of rotatable bonds is 9. The molecular formula is C41H48F3N7O6. The Bertz CT molecular complexity index is 2140. The summed E-state index contributed by atoms with van der Waals surface area (Å²) >= 11 is 0. The molecule has 2 aromatic heterocycles. The van der Waals surface area contributed by atoms with E-state index in [2.05, 4.69) is 26.5 Å². The monoisotopic (exact) mass is 791 g/mol. The Hall–Kier alpha value is -5.40. The fourth-order valence-electron chi connectivity index (χ4n) is 7.02. The van der Waals surface area contributed by atoms with Crippen LogP contribution in [-0.4, -0.2) is 97.0 Å². The van der Waals surface area contributed by atoms with Gasteiger partial charge in [0.1, 0.15) is 34.6 Å². The SMILES string of the molecule is C#Cc1c(F)ccc2cc(OC(=O)NCCOC)cc(-c3ncc4c(N5CCCCCN5C(=O)OC(C)(C)C)nc(OC[C@@H]5CCCNC[C@H](F)C5)nc4c3F)c12. The van der Waals surface area contributed by atoms with Gasteiger partial charge in [0.15, 0.2) is 11.6 Å². The first-order valence-corrected chi connectivity index (χ1v) is 19.2. The second kappa shape index (κ2) is 18.2. The standard InChI is InChI=1S/C41H48F3N7O6/c1-6-29-32(43)13-12-26-20-28(56-39(52)46-15-18-54-5)21-30(33(26)29)35-34(44)36-31(23-47-35)37(50-16-8-7-9-17-51(50)40(53)57-41(2,3)4)49-38(48-36)55-24-25-11-10-14-45-22-27(42)19-25/h1,12-13,20-21,23,25,27,45H,7-11,14-19,22,24H2,2-5H3,(H,46,52)/t25-,27-/m1/s1. The normalized spacial score (nSPS) is 18.0. The van der Waals surface area contributed by atoms with E-state index in [4.69, 9.17) is 30.4 Å². The molecule has 6 rings (SSSR count). The van der Waals surface area contributed by atoms with E-state index in [1.807, 2.05) is 0 Å². The molecular weight excluding hydrogens is 743 g/mol. The number of terminal acetylenes is 1. The van der Waals surface area contributed by atoms with Crippen molar-refractivity contribution in [1.82, 2.24) is 30.6 Å². The molecule has 57 heavy (non-hydrogen) atoms. The summed E-state index contributed by atoms with van der Waals surface area (Å²) < 4.78 is 69.7. The van der Waals surface area contributed by atoms with Crippen LogP contribution in [0.2, 0.25) is 0 Å². The average molecular weight is 792 g/mol. The van der Waals surface area contributed by atoms with Gasteiger partial charge in [0.25, 0.3) is 0 Å². The van der Waals surface area contributed by atoms with Gasteiger partial charge in [-0.05, 0) is 95.3 Å². The Balaban J connectivity index is 1.51. The molecule has 2 fully saturated rings. The number of methoxy groups -OCH3 is 1. The van der Waals surface area contributed by atoms with Crippen molar-refractivity contribution in [2.45, 2.75) is 71.1 Å². The van der Waals surface area contributed by atoms with Crippen molar-refractivity contribution < 1.29 is 41.7 Å². The molecule has 0 bridgehead atoms. The van der Waals surface area contributed by atoms with E-state index in [0.29, 0.717) is 44.3 Å². The lowest BCUT2D eigenvalue weighted by atomic mass is 9.95. The molecule has 2 aromatic carbocycles. The first-order chi connectivity index (χ1) is 27.4. The molecule has 304 valence electrons. The second-order valence-electron chi connectivity index (χ2n) is 15.1. The zero-order valence-corrected chi connectivity index (χ0v) is 32.6. The van der Waals surface area contributed by atoms with Gasteiger partial charge < -0.3 is 29.6 Å². The van der Waals surface area contributed by atoms with Crippen LogP contribution >= 0.6 is 0 Å². The van der Waals surface area contributed by atoms with E-state index < -0.39 is 35.6 Å². The number of alkyl halides is 1. The molecule has 2 atom stereocenters. The molecule has 4 heterocycles. The zero-order valence-electron chi connectivity index (χ0n) is 32.6. The van der Waals surface area contributed by atoms with Crippen molar-refractivity contribution in [3.05, 3.63) is 47.7 Å². The molecule has 2 saturated heterocycles. The van der Waals surface area contributed by atoms with Gasteiger partial charge >= 0.3 is 18.2 Å². The summed E-state index contributed by atoms with van der Waals surface area (Å²) in [6.07, 6.45) is 8.63. The van der Waals surface area contributed by atoms with Crippen LogP contribution in [0.4, 0.5) is 28.6 Å². The highest BCUT2D eigenvalue weighted by molar-refractivity contribution is 6.03. The number of ether oxygens (including phenoxy) is 4. The molecule has 0 aliphatic carbocycles. The number of hydrogen-bond acceptors (Lipinski definition) is 11. The summed E-state index contributed by atoms with van der Waals surface area (Å²) in [5.41, 5.74) is -1.41. The van der Waals surface area contributed by atoms with Crippen LogP contribution in [-0.2, 0) is 9.47 Å². The third kappa shape index (κ3) is 9.95. The molecule has 2 aliphatic rings. The largest absolute Gasteiger partial charge is 0.463 e. The highest BCUT2D eigenvalue weighted by Crippen LogP contribution is 2.39. The molecule has 2 amide bonds. The van der Waals surface area contributed by atoms with Crippen LogP contribution in [0.1, 0.15) is 64.9 Å². The molecule has 0 radical (unpaired) electrons. The number of aromatic nitrogens is 3. The fraction of sp³-hybridized carbons (Fsp3) is 0.488. The lowest BCUT2D eigenvalue weighted by Crippen LogP contribution is -2.49. The van der Waals surface area contributed by atoms with E-state index in [-0.39, 0.29) is 89.3 Å². The molecule has 2 N–H and O–H groups in total. The molecule has 0 spiro atoms. The number of halogens is 3. The molecule has 0 unspecified atom stereocenters. The average Bonchev–Trinajstić information content (AvgIpc) is 3.41. The number of hydrogen-bond donors (Lipinski definition) is 2. The number of nitrogens with one attached hydrogen (secondary N) is 2. The van der Waals surface area contributed by atoms with Crippen molar-refractivity contribution in [2.24, 2.45) is 5.92 Å². The van der Waals surface area contributed by atoms with Crippen molar-refractivity contribution in [1.29, 1.82) is 0 Å². The van der Waals surface area contributed by atoms with Crippen molar-refractivity contribution >= 4 is 39.7 Å². The van der Waals surface area contributed by atoms with Gasteiger partial charge in [-0.2, -0.15) is 9.97 Å². The lowest BCUT2D eigenvalue weighted by molar-refractivity contribution is 0.0232. The Morgan fingerprint density at radius 1 is 1.11 bits per heavy atom. The first kappa shape index (κ1) is 41.2. The highest BCUT2D eigenvalue weighted by Gasteiger charge is 2.32. The third-order valence-corrected chi connectivity index (χ3v) is 9.62. The number of nitrogens with zero attached hydrogens (tertiary/aromatic N) is 5. The van der Waals surface area contributed by atoms with Gasteiger partial charge in [-0.3, -0.25) is 9.99 Å². The summed E-state index contributed by atoms with van der Waals surface area (Å²) in [6, 6.07) is 5.26. The van der Waals surface area contributed by atoms with Crippen LogP contribution in [0.15, 0.2) is 30.5 Å². The zero-order chi connectivity index (χ0) is 40.7. The van der Waals surface area contributed by atoms with Crippen molar-refractivity contribution in [3.63, 3.8) is 0 Å². The van der Waals surface area contributed by atoms with E-state index in [1.54, 1.807) is 25.8 Å². The fourth-order valence-corrected chi connectivity index (χ4v) is 7.02. The van der Waals surface area contributed by atoms with Crippen molar-refractivity contribution in [2.75, 3.05) is 58.1 Å². The minimum absolute atomic E-state index is 0.00817. The number of amides is 2. The number of carbonyl (C=O) groups is 2. The molecule has 13 nitrogen and oxygen atoms in total. The van der Waals surface area contributed by atoms with E-state index in [1.165, 1.54) is 42.6 Å². The van der Waals surface area contributed by atoms with Crippen LogP contribution in [0.3, 0.4) is 0 Å². The Morgan fingerprint density at radius 2 is 1.91 bits per heavy atom. The van der Waals surface area contributed by atoms with Gasteiger partial charge in [0.05, 0.1) is 24.2 Å². The summed E-state index contributed by atoms with van der Waals surface area (Å²) in [5.74, 6) is 0.714. The number of anilines is 1. The predicted molar refractivity (Wildman–Crippen MR) is 209 cm³/mol. The first-order valence-electron chi connectivity index (χ1n) is 19.2. The van der Waals surface area contributed by atoms with Gasteiger partial charge in [-0.15, -0.1) is 6.42 Å². The maximum Gasteiger partial charge on any atom is 0.429 e. The van der Waals surface area contributed by atoms with Crippen LogP contribution in [0, 0.1) is 29.9 Å². The molecule has 2 aliphatic heterocycles. The minimum Gasteiger partial charge on any atom is -0.463 e. The van der Waals surface area contributed by atoms with Crippen molar-refractivity contribution in [3.8, 4) is 35.4 Å². The lowest BCUT2D eigenvalue weighted by Gasteiger charge is -2.35. The second-order valence-corrected chi connectivity index (χ2v) is 15.1. The summed E-state index contributed by atoms with van der Waals surface area (Å²) in [5, 5.41) is 9.40. The smallest absolute Gasteiger partial charge is 0.429 e. The summed E-state index contributed by atoms with van der Waals surface area (Å²) in [6.45, 7) is 7.33. The number of pyridine rings is 1. The third-order valence-electron chi connectivity index (χ3n) is 9.62. The van der Waals surface area contributed by atoms with Gasteiger partial charge in [-0.1, -0.05) is 12.0 Å². The maximum absolute atomic E-state index is 17.4. The van der Waals surface area contributed by atoms with Crippen LogP contribution < -0.4 is 25.1 Å².